The molecule has 0 unspecified atom stereocenters. The highest BCUT2D eigenvalue weighted by molar-refractivity contribution is 5.89. The molecule has 7 heteroatoms. The molecule has 1 aliphatic carbocycles. The molecule has 2 aromatic carbocycles. The Morgan fingerprint density at radius 1 is 1.12 bits per heavy atom. The number of benzene rings is 2. The largest absolute Gasteiger partial charge is 0.481 e. The standard InChI is InChI=1S/C27H30N2O5/c1-4-13-27(25(31)32)15-29(16-27)24(30)23(17(2)3)28-26(33)34-14-22-20-11-7-5-9-18(20)19-10-6-8-12-21(19)22/h4-12,17,22-23H,1,13-16H2,2-3H3,(H,28,33)(H,31,32)/t23-/m0/s1. The highest BCUT2D eigenvalue weighted by Crippen LogP contribution is 2.44. The van der Waals surface area contributed by atoms with Gasteiger partial charge >= 0.3 is 12.1 Å². The Hall–Kier alpha value is -3.61. The van der Waals surface area contributed by atoms with Crippen molar-refractivity contribution in [3.8, 4) is 11.1 Å². The molecule has 1 atom stereocenters. The van der Waals surface area contributed by atoms with E-state index in [4.69, 9.17) is 4.74 Å². The number of fused-ring (bicyclic) bond motifs is 3. The number of alkyl carbamates (subject to hydrolysis) is 1. The monoisotopic (exact) mass is 462 g/mol. The number of rotatable bonds is 8. The van der Waals surface area contributed by atoms with E-state index >= 15 is 0 Å². The zero-order chi connectivity index (χ0) is 24.5. The molecule has 2 N–H and O–H groups in total. The number of carbonyl (C=O) groups excluding carboxylic acids is 2. The van der Waals surface area contributed by atoms with Crippen molar-refractivity contribution in [2.24, 2.45) is 11.3 Å². The minimum absolute atomic E-state index is 0.0724. The van der Waals surface area contributed by atoms with Gasteiger partial charge in [0.25, 0.3) is 0 Å². The summed E-state index contributed by atoms with van der Waals surface area (Å²) >= 11 is 0. The number of carboxylic acids is 1. The van der Waals surface area contributed by atoms with Crippen LogP contribution in [0.15, 0.2) is 61.2 Å². The Morgan fingerprint density at radius 2 is 1.68 bits per heavy atom. The van der Waals surface area contributed by atoms with Crippen LogP contribution in [0.4, 0.5) is 4.79 Å². The van der Waals surface area contributed by atoms with E-state index < -0.39 is 23.5 Å². The van der Waals surface area contributed by atoms with E-state index in [0.29, 0.717) is 0 Å². The second kappa shape index (κ2) is 9.33. The molecule has 0 saturated carbocycles. The minimum atomic E-state index is -0.997. The second-order valence-electron chi connectivity index (χ2n) is 9.46. The van der Waals surface area contributed by atoms with Gasteiger partial charge in [-0.25, -0.2) is 4.79 Å². The van der Waals surface area contributed by atoms with E-state index in [0.717, 1.165) is 22.3 Å². The van der Waals surface area contributed by atoms with Crippen LogP contribution in [0.1, 0.15) is 37.3 Å². The fourth-order valence-corrected chi connectivity index (χ4v) is 4.95. The number of amides is 2. The molecule has 0 bridgehead atoms. The molecule has 2 aliphatic rings. The van der Waals surface area contributed by atoms with Crippen LogP contribution >= 0.6 is 0 Å². The van der Waals surface area contributed by atoms with Crippen LogP contribution in [0.2, 0.25) is 0 Å². The Labute approximate surface area is 199 Å². The van der Waals surface area contributed by atoms with Crippen LogP contribution in [0, 0.1) is 11.3 Å². The topological polar surface area (TPSA) is 95.9 Å². The SMILES string of the molecule is C=CCC1(C(=O)O)CN(C(=O)[C@@H](NC(=O)OCC2c3ccccc3-c3ccccc32)C(C)C)C1. The van der Waals surface area contributed by atoms with Gasteiger partial charge in [-0.1, -0.05) is 68.5 Å². The molecule has 1 heterocycles. The van der Waals surface area contributed by atoms with Crippen LogP contribution < -0.4 is 5.32 Å². The molecule has 34 heavy (non-hydrogen) atoms. The first-order chi connectivity index (χ1) is 16.3. The van der Waals surface area contributed by atoms with Crippen molar-refractivity contribution in [1.82, 2.24) is 10.2 Å². The summed E-state index contributed by atoms with van der Waals surface area (Å²) in [4.78, 5) is 38.9. The van der Waals surface area contributed by atoms with E-state index in [9.17, 15) is 19.5 Å². The van der Waals surface area contributed by atoms with E-state index in [1.807, 2.05) is 50.2 Å². The molecule has 2 aromatic rings. The molecular weight excluding hydrogens is 432 g/mol. The average molecular weight is 463 g/mol. The summed E-state index contributed by atoms with van der Waals surface area (Å²) < 4.78 is 5.59. The first kappa shape index (κ1) is 23.5. The molecular formula is C27H30N2O5. The van der Waals surface area contributed by atoms with Gasteiger partial charge in [-0.3, -0.25) is 9.59 Å². The van der Waals surface area contributed by atoms with Crippen LogP contribution in [0.25, 0.3) is 11.1 Å². The predicted molar refractivity (Wildman–Crippen MR) is 128 cm³/mol. The lowest BCUT2D eigenvalue weighted by atomic mass is 9.76. The van der Waals surface area contributed by atoms with E-state index in [1.54, 1.807) is 6.08 Å². The summed E-state index contributed by atoms with van der Waals surface area (Å²) in [5.41, 5.74) is 3.51. The van der Waals surface area contributed by atoms with E-state index in [2.05, 4.69) is 24.0 Å². The summed E-state index contributed by atoms with van der Waals surface area (Å²) in [6.45, 7) is 7.65. The van der Waals surface area contributed by atoms with E-state index in [1.165, 1.54) is 4.90 Å². The van der Waals surface area contributed by atoms with Crippen molar-refractivity contribution in [2.45, 2.75) is 32.2 Å². The number of carbonyl (C=O) groups is 3. The predicted octanol–water partition coefficient (Wildman–Crippen LogP) is 4.04. The van der Waals surface area contributed by atoms with Gasteiger partial charge in [-0.15, -0.1) is 6.58 Å². The van der Waals surface area contributed by atoms with Gasteiger partial charge in [0.2, 0.25) is 5.91 Å². The summed E-state index contributed by atoms with van der Waals surface area (Å²) in [7, 11) is 0. The Bertz CT molecular complexity index is 1070. The zero-order valence-electron chi connectivity index (χ0n) is 19.5. The number of carboxylic acid groups (broad SMARTS) is 1. The van der Waals surface area contributed by atoms with Crippen molar-refractivity contribution in [2.75, 3.05) is 19.7 Å². The number of likely N-dealkylation sites (tertiary alicyclic amines) is 1. The molecule has 0 radical (unpaired) electrons. The van der Waals surface area contributed by atoms with Gasteiger partial charge in [0.15, 0.2) is 0 Å². The summed E-state index contributed by atoms with van der Waals surface area (Å²) in [6.07, 6.45) is 1.19. The molecule has 1 saturated heterocycles. The van der Waals surface area contributed by atoms with Gasteiger partial charge in [0.1, 0.15) is 18.1 Å². The third-order valence-electron chi connectivity index (χ3n) is 6.84. The Balaban J connectivity index is 1.40. The van der Waals surface area contributed by atoms with Crippen molar-refractivity contribution < 1.29 is 24.2 Å². The van der Waals surface area contributed by atoms with Gasteiger partial charge in [-0.2, -0.15) is 0 Å². The van der Waals surface area contributed by atoms with Crippen LogP contribution in [-0.2, 0) is 14.3 Å². The summed E-state index contributed by atoms with van der Waals surface area (Å²) in [5, 5.41) is 12.3. The minimum Gasteiger partial charge on any atom is -0.481 e. The number of aliphatic carboxylic acids is 1. The van der Waals surface area contributed by atoms with Crippen LogP contribution in [0.3, 0.4) is 0 Å². The lowest BCUT2D eigenvalue weighted by Gasteiger charge is -2.48. The highest BCUT2D eigenvalue weighted by Gasteiger charge is 2.51. The van der Waals surface area contributed by atoms with Gasteiger partial charge in [0.05, 0.1) is 0 Å². The fraction of sp³-hybridized carbons (Fsp3) is 0.370. The Morgan fingerprint density at radius 3 is 2.18 bits per heavy atom. The van der Waals surface area contributed by atoms with Gasteiger partial charge < -0.3 is 20.1 Å². The third kappa shape index (κ3) is 4.18. The zero-order valence-corrected chi connectivity index (χ0v) is 19.5. The third-order valence-corrected chi connectivity index (χ3v) is 6.84. The van der Waals surface area contributed by atoms with Crippen molar-refractivity contribution in [3.05, 3.63) is 72.3 Å². The van der Waals surface area contributed by atoms with Gasteiger partial charge in [0, 0.05) is 19.0 Å². The number of hydrogen-bond donors (Lipinski definition) is 2. The molecule has 4 rings (SSSR count). The quantitative estimate of drug-likeness (QED) is 0.578. The number of allylic oxidation sites excluding steroid dienone is 1. The number of hydrogen-bond acceptors (Lipinski definition) is 4. The maximum absolute atomic E-state index is 13.0. The van der Waals surface area contributed by atoms with Crippen molar-refractivity contribution in [3.63, 3.8) is 0 Å². The number of nitrogens with zero attached hydrogens (tertiary/aromatic N) is 1. The summed E-state index contributed by atoms with van der Waals surface area (Å²) in [5.74, 6) is -1.50. The van der Waals surface area contributed by atoms with Crippen molar-refractivity contribution >= 4 is 18.0 Å². The smallest absolute Gasteiger partial charge is 0.407 e. The van der Waals surface area contributed by atoms with Gasteiger partial charge in [-0.05, 0) is 34.6 Å². The molecule has 178 valence electrons. The van der Waals surface area contributed by atoms with Crippen molar-refractivity contribution in [1.29, 1.82) is 0 Å². The number of ether oxygens (including phenoxy) is 1. The maximum Gasteiger partial charge on any atom is 0.407 e. The molecule has 1 fully saturated rings. The molecule has 1 aliphatic heterocycles. The first-order valence-corrected chi connectivity index (χ1v) is 11.5. The highest BCUT2D eigenvalue weighted by atomic mass is 16.5. The van der Waals surface area contributed by atoms with Crippen LogP contribution in [0.5, 0.6) is 0 Å². The molecule has 0 spiro atoms. The lowest BCUT2D eigenvalue weighted by molar-refractivity contribution is -0.166. The molecule has 7 nitrogen and oxygen atoms in total. The lowest BCUT2D eigenvalue weighted by Crippen LogP contribution is -2.65. The van der Waals surface area contributed by atoms with E-state index in [-0.39, 0.29) is 43.9 Å². The Kier molecular flexibility index (Phi) is 6.46. The second-order valence-corrected chi connectivity index (χ2v) is 9.46. The van der Waals surface area contributed by atoms with Crippen LogP contribution in [-0.4, -0.2) is 53.7 Å². The average Bonchev–Trinajstić information content (AvgIpc) is 3.11. The molecule has 2 amide bonds. The summed E-state index contributed by atoms with van der Waals surface area (Å²) in [6, 6.07) is 15.4. The number of nitrogens with one attached hydrogen (secondary N) is 1. The molecule has 0 aromatic heterocycles. The normalized spacial score (nSPS) is 16.7. The fourth-order valence-electron chi connectivity index (χ4n) is 4.95. The maximum atomic E-state index is 13.0. The first-order valence-electron chi connectivity index (χ1n) is 11.5.